The van der Waals surface area contributed by atoms with Gasteiger partial charge in [-0.1, -0.05) is 29.8 Å². The minimum atomic E-state index is -3.38. The van der Waals surface area contributed by atoms with Gasteiger partial charge in [0.15, 0.2) is 5.15 Å². The molecule has 0 aliphatic carbocycles. The van der Waals surface area contributed by atoms with E-state index in [1.807, 2.05) is 30.3 Å². The maximum atomic E-state index is 11.8. The highest BCUT2D eigenvalue weighted by molar-refractivity contribution is 7.92. The molecule has 4 rings (SSSR count). The Morgan fingerprint density at radius 1 is 1.16 bits per heavy atom. The molecule has 1 N–H and O–H groups in total. The second-order valence-corrected chi connectivity index (χ2v) is 7.66. The molecule has 3 heterocycles. The van der Waals surface area contributed by atoms with Gasteiger partial charge in [0.1, 0.15) is 11.6 Å². The Labute approximate surface area is 149 Å². The molecule has 0 saturated heterocycles. The molecule has 0 fully saturated rings. The lowest BCUT2D eigenvalue weighted by atomic mass is 10.1. The van der Waals surface area contributed by atoms with Crippen LogP contribution in [-0.2, 0) is 16.6 Å². The fraction of sp³-hybridized carbons (Fsp3) is 0.125. The molecule has 9 heteroatoms. The van der Waals surface area contributed by atoms with Gasteiger partial charge in [-0.3, -0.25) is 4.72 Å². The van der Waals surface area contributed by atoms with Gasteiger partial charge in [-0.15, -0.1) is 0 Å². The number of aromatic nitrogens is 3. The van der Waals surface area contributed by atoms with E-state index in [1.165, 1.54) is 0 Å². The van der Waals surface area contributed by atoms with E-state index in [0.717, 1.165) is 0 Å². The summed E-state index contributed by atoms with van der Waals surface area (Å²) in [5, 5.41) is 4.40. The maximum absolute atomic E-state index is 11.8. The molecule has 25 heavy (non-hydrogen) atoms. The third-order valence-electron chi connectivity index (χ3n) is 3.72. The topological polar surface area (TPSA) is 86.1 Å². The summed E-state index contributed by atoms with van der Waals surface area (Å²) in [6.07, 6.45) is 1.57. The first kappa shape index (κ1) is 15.9. The van der Waals surface area contributed by atoms with Crippen LogP contribution in [0.1, 0.15) is 0 Å². The molecule has 0 amide bonds. The lowest BCUT2D eigenvalue weighted by Crippen LogP contribution is -2.28. The molecule has 3 aromatic rings. The second-order valence-electron chi connectivity index (χ2n) is 5.46. The zero-order chi connectivity index (χ0) is 17.4. The molecule has 1 aliphatic heterocycles. The highest BCUT2D eigenvalue weighted by atomic mass is 35.5. The van der Waals surface area contributed by atoms with Crippen molar-refractivity contribution in [1.29, 1.82) is 0 Å². The predicted molar refractivity (Wildman–Crippen MR) is 94.4 cm³/mol. The van der Waals surface area contributed by atoms with Gasteiger partial charge in [0, 0.05) is 17.8 Å². The van der Waals surface area contributed by atoms with E-state index >= 15 is 0 Å². The number of aryl methyl sites for hydroxylation is 1. The van der Waals surface area contributed by atoms with Crippen molar-refractivity contribution in [3.05, 3.63) is 53.8 Å². The van der Waals surface area contributed by atoms with Crippen LogP contribution in [0.3, 0.4) is 0 Å². The Kier molecular flexibility index (Phi) is 3.85. The number of fused-ring (bicyclic) bond motifs is 1. The molecule has 0 atom stereocenters. The minimum absolute atomic E-state index is 0.0282. The number of anilines is 1. The number of rotatable bonds is 3. The van der Waals surface area contributed by atoms with E-state index in [-0.39, 0.29) is 17.5 Å². The van der Waals surface area contributed by atoms with E-state index in [4.69, 9.17) is 16.3 Å². The van der Waals surface area contributed by atoms with Gasteiger partial charge in [-0.2, -0.15) is 5.10 Å². The monoisotopic (exact) mass is 376 g/mol. The molecule has 0 spiro atoms. The SMILES string of the molecule is O=S1(=O)CCn2nc(Cl)c(-c3ccc(Oc4ccccc4)nc3)c2N1. The molecule has 1 aromatic carbocycles. The van der Waals surface area contributed by atoms with Gasteiger partial charge in [-0.25, -0.2) is 18.1 Å². The molecule has 0 bridgehead atoms. The van der Waals surface area contributed by atoms with Crippen LogP contribution >= 0.6 is 11.6 Å². The summed E-state index contributed by atoms with van der Waals surface area (Å²) in [6.45, 7) is 0.257. The van der Waals surface area contributed by atoms with Gasteiger partial charge in [0.25, 0.3) is 0 Å². The van der Waals surface area contributed by atoms with E-state index < -0.39 is 10.0 Å². The zero-order valence-corrected chi connectivity index (χ0v) is 14.5. The molecule has 1 aliphatic rings. The van der Waals surface area contributed by atoms with Gasteiger partial charge in [-0.05, 0) is 18.2 Å². The van der Waals surface area contributed by atoms with Crippen molar-refractivity contribution in [3.8, 4) is 22.8 Å². The molecule has 0 radical (unpaired) electrons. The average molecular weight is 377 g/mol. The highest BCUT2D eigenvalue weighted by Gasteiger charge is 2.27. The molecular weight excluding hydrogens is 364 g/mol. The number of para-hydroxylation sites is 1. The number of pyridine rings is 1. The van der Waals surface area contributed by atoms with E-state index in [2.05, 4.69) is 14.8 Å². The molecule has 128 valence electrons. The first-order valence-corrected chi connectivity index (χ1v) is 9.51. The van der Waals surface area contributed by atoms with Crippen LogP contribution in [0.2, 0.25) is 5.15 Å². The summed E-state index contributed by atoms with van der Waals surface area (Å²) in [7, 11) is -3.38. The summed E-state index contributed by atoms with van der Waals surface area (Å²) in [6, 6.07) is 12.8. The zero-order valence-electron chi connectivity index (χ0n) is 12.9. The van der Waals surface area contributed by atoms with E-state index in [1.54, 1.807) is 23.0 Å². The van der Waals surface area contributed by atoms with Crippen LogP contribution in [0.4, 0.5) is 5.82 Å². The largest absolute Gasteiger partial charge is 0.439 e. The Balaban J connectivity index is 1.66. The second kappa shape index (κ2) is 6.05. The first-order valence-electron chi connectivity index (χ1n) is 7.48. The lowest BCUT2D eigenvalue weighted by molar-refractivity contribution is 0.463. The molecule has 0 unspecified atom stereocenters. The van der Waals surface area contributed by atoms with Gasteiger partial charge in [0.05, 0.1) is 17.9 Å². The van der Waals surface area contributed by atoms with E-state index in [0.29, 0.717) is 28.6 Å². The quantitative estimate of drug-likeness (QED) is 0.758. The fourth-order valence-corrected chi connectivity index (χ4v) is 3.86. The van der Waals surface area contributed by atoms with Crippen LogP contribution in [-0.4, -0.2) is 28.9 Å². The number of hydrogen-bond donors (Lipinski definition) is 1. The van der Waals surface area contributed by atoms with Crippen LogP contribution < -0.4 is 9.46 Å². The van der Waals surface area contributed by atoms with Crippen molar-refractivity contribution in [2.75, 3.05) is 10.5 Å². The molecular formula is C16H13ClN4O3S. The third kappa shape index (κ3) is 3.18. The number of sulfonamides is 1. The third-order valence-corrected chi connectivity index (χ3v) is 5.21. The van der Waals surface area contributed by atoms with Crippen LogP contribution in [0, 0.1) is 0 Å². The summed E-state index contributed by atoms with van der Waals surface area (Å²) >= 11 is 6.21. The number of halogens is 1. The van der Waals surface area contributed by atoms with Crippen LogP contribution in [0.15, 0.2) is 48.7 Å². The number of hydrogen-bond acceptors (Lipinski definition) is 5. The van der Waals surface area contributed by atoms with Crippen molar-refractivity contribution < 1.29 is 13.2 Å². The summed E-state index contributed by atoms with van der Waals surface area (Å²) in [5.74, 6) is 1.43. The van der Waals surface area contributed by atoms with Gasteiger partial charge in [0.2, 0.25) is 15.9 Å². The van der Waals surface area contributed by atoms with Crippen LogP contribution in [0.5, 0.6) is 11.6 Å². The Morgan fingerprint density at radius 2 is 1.96 bits per heavy atom. The number of nitrogens with one attached hydrogen (secondary N) is 1. The molecule has 7 nitrogen and oxygen atoms in total. The smallest absolute Gasteiger partial charge is 0.235 e. The Morgan fingerprint density at radius 3 is 2.68 bits per heavy atom. The standard InChI is InChI=1S/C16H13ClN4O3S/c17-15-14(16-20-25(22,23)9-8-21(16)19-15)11-6-7-13(18-10-11)24-12-4-2-1-3-5-12/h1-7,10,20H,8-9H2. The van der Waals surface area contributed by atoms with Gasteiger partial charge < -0.3 is 4.74 Å². The first-order chi connectivity index (χ1) is 12.0. The number of ether oxygens (including phenoxy) is 1. The summed E-state index contributed by atoms with van der Waals surface area (Å²) < 4.78 is 33.4. The van der Waals surface area contributed by atoms with Gasteiger partial charge >= 0.3 is 0 Å². The fourth-order valence-electron chi connectivity index (χ4n) is 2.56. The van der Waals surface area contributed by atoms with Crippen molar-refractivity contribution in [3.63, 3.8) is 0 Å². The van der Waals surface area contributed by atoms with Crippen LogP contribution in [0.25, 0.3) is 11.1 Å². The average Bonchev–Trinajstić information content (AvgIpc) is 2.91. The normalized spacial score (nSPS) is 15.2. The minimum Gasteiger partial charge on any atom is -0.439 e. The predicted octanol–water partition coefficient (Wildman–Crippen LogP) is 3.15. The molecule has 0 saturated carbocycles. The summed E-state index contributed by atoms with van der Waals surface area (Å²) in [5.41, 5.74) is 1.15. The van der Waals surface area contributed by atoms with Crippen molar-refractivity contribution >= 4 is 27.4 Å². The Bertz CT molecular complexity index is 1020. The lowest BCUT2D eigenvalue weighted by Gasteiger charge is -2.17. The van der Waals surface area contributed by atoms with Crippen molar-refractivity contribution in [2.24, 2.45) is 0 Å². The highest BCUT2D eigenvalue weighted by Crippen LogP contribution is 2.37. The molecule has 2 aromatic heterocycles. The number of benzene rings is 1. The van der Waals surface area contributed by atoms with Crippen molar-refractivity contribution in [2.45, 2.75) is 6.54 Å². The van der Waals surface area contributed by atoms with E-state index in [9.17, 15) is 8.42 Å². The number of nitrogens with zero attached hydrogens (tertiary/aromatic N) is 3. The summed E-state index contributed by atoms with van der Waals surface area (Å²) in [4.78, 5) is 4.26. The maximum Gasteiger partial charge on any atom is 0.235 e. The Hall–Kier alpha value is -2.58. The van der Waals surface area contributed by atoms with Crippen molar-refractivity contribution in [1.82, 2.24) is 14.8 Å².